The van der Waals surface area contributed by atoms with E-state index < -0.39 is 5.41 Å². The van der Waals surface area contributed by atoms with Crippen molar-refractivity contribution in [3.05, 3.63) is 59.1 Å². The van der Waals surface area contributed by atoms with Crippen LogP contribution in [0.5, 0.6) is 5.75 Å². The summed E-state index contributed by atoms with van der Waals surface area (Å²) in [7, 11) is 0. The zero-order chi connectivity index (χ0) is 22.0. The summed E-state index contributed by atoms with van der Waals surface area (Å²) < 4.78 is 12.3. The molecule has 2 aromatic carbocycles. The third-order valence-corrected chi connectivity index (χ3v) is 7.49. The smallest absolute Gasteiger partial charge is 0.313 e. The highest BCUT2D eigenvalue weighted by atomic mass is 32.1. The highest BCUT2D eigenvalue weighted by Gasteiger charge is 2.43. The molecule has 1 unspecified atom stereocenters. The van der Waals surface area contributed by atoms with E-state index in [0.717, 1.165) is 52.2 Å². The molecule has 6 nitrogen and oxygen atoms in total. The number of carbonyl (C=O) groups is 2. The first-order valence-corrected chi connectivity index (χ1v) is 12.0. The van der Waals surface area contributed by atoms with Crippen molar-refractivity contribution in [2.24, 2.45) is 5.41 Å². The Morgan fingerprint density at radius 2 is 1.91 bits per heavy atom. The molecule has 1 atom stereocenters. The molecule has 0 bridgehead atoms. The van der Waals surface area contributed by atoms with Crippen LogP contribution in [0.15, 0.2) is 48.5 Å². The number of carbonyl (C=O) groups excluding carboxylic acids is 2. The maximum absolute atomic E-state index is 13.1. The van der Waals surface area contributed by atoms with Gasteiger partial charge >= 0.3 is 5.97 Å². The average Bonchev–Trinajstić information content (AvgIpc) is 3.45. The van der Waals surface area contributed by atoms with E-state index in [4.69, 9.17) is 14.5 Å². The summed E-state index contributed by atoms with van der Waals surface area (Å²) in [5, 5.41) is 3.95. The van der Waals surface area contributed by atoms with Gasteiger partial charge < -0.3 is 14.8 Å². The van der Waals surface area contributed by atoms with Gasteiger partial charge in [-0.05, 0) is 31.0 Å². The van der Waals surface area contributed by atoms with Crippen LogP contribution in [-0.2, 0) is 20.7 Å². The molecule has 1 amide bonds. The van der Waals surface area contributed by atoms with Gasteiger partial charge in [0.05, 0.1) is 33.3 Å². The number of benzene rings is 2. The minimum Gasteiger partial charge on any atom is -0.493 e. The predicted octanol–water partition coefficient (Wildman–Crippen LogP) is 4.58. The Morgan fingerprint density at radius 3 is 2.75 bits per heavy atom. The lowest BCUT2D eigenvalue weighted by Gasteiger charge is -2.27. The molecule has 0 saturated heterocycles. The van der Waals surface area contributed by atoms with Crippen LogP contribution >= 0.6 is 11.3 Å². The Labute approximate surface area is 190 Å². The summed E-state index contributed by atoms with van der Waals surface area (Å²) >= 11 is 1.63. The van der Waals surface area contributed by atoms with Crippen LogP contribution < -0.4 is 10.1 Å². The van der Waals surface area contributed by atoms with Crippen LogP contribution in [0.25, 0.3) is 10.2 Å². The van der Waals surface area contributed by atoms with E-state index in [0.29, 0.717) is 19.4 Å². The number of hydrogen-bond acceptors (Lipinski definition) is 6. The van der Waals surface area contributed by atoms with E-state index in [2.05, 4.69) is 11.4 Å². The van der Waals surface area contributed by atoms with Gasteiger partial charge in [-0.25, -0.2) is 4.98 Å². The van der Waals surface area contributed by atoms with Crippen molar-refractivity contribution in [3.63, 3.8) is 0 Å². The standard InChI is InChI=1S/C25H26N2O4S/c28-22(26-18-11-14-30-20-9-3-1-7-17(18)20)16-31-24(29)25(12-5-6-13-25)15-23-27-19-8-2-4-10-21(19)32-23/h1-4,7-10,18H,5-6,11-16H2,(H,26,28). The number of hydrogen-bond donors (Lipinski definition) is 1. The fourth-order valence-electron chi connectivity index (χ4n) is 4.80. The number of para-hydroxylation sites is 2. The molecular formula is C25H26N2O4S. The van der Waals surface area contributed by atoms with Gasteiger partial charge in [0.1, 0.15) is 5.75 Å². The highest BCUT2D eigenvalue weighted by molar-refractivity contribution is 7.18. The largest absolute Gasteiger partial charge is 0.493 e. The quantitative estimate of drug-likeness (QED) is 0.556. The number of fused-ring (bicyclic) bond motifs is 2. The van der Waals surface area contributed by atoms with E-state index in [1.165, 1.54) is 0 Å². The van der Waals surface area contributed by atoms with E-state index in [1.807, 2.05) is 42.5 Å². The van der Waals surface area contributed by atoms with E-state index in [-0.39, 0.29) is 24.5 Å². The number of nitrogens with zero attached hydrogens (tertiary/aromatic N) is 1. The number of ether oxygens (including phenoxy) is 2. The Hall–Kier alpha value is -2.93. The predicted molar refractivity (Wildman–Crippen MR) is 123 cm³/mol. The van der Waals surface area contributed by atoms with Crippen molar-refractivity contribution in [1.29, 1.82) is 0 Å². The maximum Gasteiger partial charge on any atom is 0.313 e. The zero-order valence-electron chi connectivity index (χ0n) is 17.8. The Bertz CT molecular complexity index is 1100. The molecule has 1 aliphatic heterocycles. The summed E-state index contributed by atoms with van der Waals surface area (Å²) in [6, 6.07) is 15.6. The summed E-state index contributed by atoms with van der Waals surface area (Å²) in [5.74, 6) is 0.228. The molecule has 32 heavy (non-hydrogen) atoms. The van der Waals surface area contributed by atoms with Crippen molar-refractivity contribution < 1.29 is 19.1 Å². The molecule has 1 saturated carbocycles. The van der Waals surface area contributed by atoms with Gasteiger partial charge in [0.15, 0.2) is 6.61 Å². The van der Waals surface area contributed by atoms with Crippen molar-refractivity contribution in [2.75, 3.05) is 13.2 Å². The number of aromatic nitrogens is 1. The molecule has 1 fully saturated rings. The van der Waals surface area contributed by atoms with Crippen molar-refractivity contribution in [2.45, 2.75) is 44.6 Å². The highest BCUT2D eigenvalue weighted by Crippen LogP contribution is 2.43. The molecule has 3 aromatic rings. The molecule has 1 N–H and O–H groups in total. The SMILES string of the molecule is O=C(COC(=O)C1(Cc2nc3ccccc3s2)CCCC1)NC1CCOc2ccccc21. The minimum atomic E-state index is -0.584. The van der Waals surface area contributed by atoms with Crippen molar-refractivity contribution >= 4 is 33.4 Å². The molecule has 2 heterocycles. The van der Waals surface area contributed by atoms with Gasteiger partial charge in [0.25, 0.3) is 5.91 Å². The first-order valence-electron chi connectivity index (χ1n) is 11.2. The summed E-state index contributed by atoms with van der Waals surface area (Å²) in [6.07, 6.45) is 4.79. The summed E-state index contributed by atoms with van der Waals surface area (Å²) in [5.41, 5.74) is 1.34. The molecule has 5 rings (SSSR count). The lowest BCUT2D eigenvalue weighted by Crippen LogP contribution is -2.38. The van der Waals surface area contributed by atoms with Crippen LogP contribution in [0.4, 0.5) is 0 Å². The fourth-order valence-corrected chi connectivity index (χ4v) is 5.91. The molecule has 2 aliphatic rings. The number of amides is 1. The second-order valence-corrected chi connectivity index (χ2v) is 9.73. The van der Waals surface area contributed by atoms with Gasteiger partial charge in [0, 0.05) is 18.4 Å². The van der Waals surface area contributed by atoms with Gasteiger partial charge in [-0.1, -0.05) is 43.2 Å². The van der Waals surface area contributed by atoms with E-state index in [1.54, 1.807) is 11.3 Å². The van der Waals surface area contributed by atoms with Crippen molar-refractivity contribution in [1.82, 2.24) is 10.3 Å². The van der Waals surface area contributed by atoms with Gasteiger partial charge in [-0.2, -0.15) is 0 Å². The van der Waals surface area contributed by atoms with Crippen LogP contribution in [-0.4, -0.2) is 30.1 Å². The molecule has 0 radical (unpaired) electrons. The molecule has 7 heteroatoms. The van der Waals surface area contributed by atoms with Crippen LogP contribution in [0.1, 0.15) is 48.7 Å². The lowest BCUT2D eigenvalue weighted by molar-refractivity contribution is -0.159. The summed E-state index contributed by atoms with van der Waals surface area (Å²) in [4.78, 5) is 30.4. The number of nitrogens with one attached hydrogen (secondary N) is 1. The molecule has 166 valence electrons. The first-order chi connectivity index (χ1) is 15.6. The fraction of sp³-hybridized carbons (Fsp3) is 0.400. The summed E-state index contributed by atoms with van der Waals surface area (Å²) in [6.45, 7) is 0.285. The monoisotopic (exact) mass is 450 g/mol. The first kappa shape index (κ1) is 20.9. The molecular weight excluding hydrogens is 424 g/mol. The normalized spacial score (nSPS) is 19.2. The average molecular weight is 451 g/mol. The number of rotatable bonds is 6. The Morgan fingerprint density at radius 1 is 1.12 bits per heavy atom. The second-order valence-electron chi connectivity index (χ2n) is 8.61. The van der Waals surface area contributed by atoms with E-state index >= 15 is 0 Å². The Kier molecular flexibility index (Phi) is 5.83. The third-order valence-electron chi connectivity index (χ3n) is 6.45. The lowest BCUT2D eigenvalue weighted by atomic mass is 9.83. The van der Waals surface area contributed by atoms with Crippen LogP contribution in [0.3, 0.4) is 0 Å². The number of esters is 1. The molecule has 1 aromatic heterocycles. The van der Waals surface area contributed by atoms with Gasteiger partial charge in [0.2, 0.25) is 0 Å². The Balaban J connectivity index is 1.22. The van der Waals surface area contributed by atoms with Crippen molar-refractivity contribution in [3.8, 4) is 5.75 Å². The zero-order valence-corrected chi connectivity index (χ0v) is 18.7. The van der Waals surface area contributed by atoms with Gasteiger partial charge in [-0.3, -0.25) is 9.59 Å². The number of thiazole rings is 1. The van der Waals surface area contributed by atoms with Gasteiger partial charge in [-0.15, -0.1) is 11.3 Å². The minimum absolute atomic E-state index is 0.130. The van der Waals surface area contributed by atoms with Crippen LogP contribution in [0, 0.1) is 5.41 Å². The molecule has 1 aliphatic carbocycles. The van der Waals surface area contributed by atoms with Crippen LogP contribution in [0.2, 0.25) is 0 Å². The molecule has 0 spiro atoms. The third kappa shape index (κ3) is 4.21. The maximum atomic E-state index is 13.1. The topological polar surface area (TPSA) is 77.5 Å². The van der Waals surface area contributed by atoms with E-state index in [9.17, 15) is 9.59 Å². The second kappa shape index (κ2) is 8.90.